The molecule has 1 N–H and O–H groups in total. The van der Waals surface area contributed by atoms with Gasteiger partial charge < -0.3 is 10.2 Å². The Hall–Kier alpha value is -2.57. The van der Waals surface area contributed by atoms with Gasteiger partial charge in [0.1, 0.15) is 5.82 Å². The van der Waals surface area contributed by atoms with Crippen LogP contribution >= 0.6 is 0 Å². The first kappa shape index (κ1) is 18.2. The molecule has 0 unspecified atom stereocenters. The molecule has 2 heterocycles. The van der Waals surface area contributed by atoms with E-state index in [4.69, 9.17) is 0 Å². The van der Waals surface area contributed by atoms with Gasteiger partial charge in [-0.25, -0.2) is 4.98 Å². The quantitative estimate of drug-likeness (QED) is 0.868. The van der Waals surface area contributed by atoms with Gasteiger partial charge in [0, 0.05) is 18.7 Å². The van der Waals surface area contributed by atoms with Gasteiger partial charge in [-0.15, -0.1) is 0 Å². The van der Waals surface area contributed by atoms with Gasteiger partial charge in [-0.2, -0.15) is 13.2 Å². The first-order chi connectivity index (χ1) is 12.3. The molecule has 26 heavy (non-hydrogen) atoms. The lowest BCUT2D eigenvalue weighted by molar-refractivity contribution is -0.137. The number of nitrogens with one attached hydrogen (secondary N) is 1. The summed E-state index contributed by atoms with van der Waals surface area (Å²) in [6, 6.07) is 7.71. The van der Waals surface area contributed by atoms with Gasteiger partial charge in [0.05, 0.1) is 17.4 Å². The standard InChI is InChI=1S/C19H20F3N3O/c1-13-8-10-25(11-9-13)17-7-6-16(12-23-17)24-18(26)14-2-4-15(5-3-14)19(20,21)22/h2-7,12-13H,8-11H2,1H3,(H,24,26). The molecule has 0 saturated carbocycles. The molecule has 2 aromatic rings. The van der Waals surface area contributed by atoms with Crippen LogP contribution in [0.5, 0.6) is 0 Å². The summed E-state index contributed by atoms with van der Waals surface area (Å²) in [7, 11) is 0. The number of hydrogen-bond donors (Lipinski definition) is 1. The van der Waals surface area contributed by atoms with E-state index in [2.05, 4.69) is 22.1 Å². The number of carbonyl (C=O) groups excluding carboxylic acids is 1. The van der Waals surface area contributed by atoms with Gasteiger partial charge in [-0.05, 0) is 55.2 Å². The Kier molecular flexibility index (Phi) is 5.15. The lowest BCUT2D eigenvalue weighted by Gasteiger charge is -2.31. The molecule has 4 nitrogen and oxygen atoms in total. The molecule has 0 aliphatic carbocycles. The molecule has 0 bridgehead atoms. The normalized spacial score (nSPS) is 15.8. The maximum Gasteiger partial charge on any atom is 0.416 e. The van der Waals surface area contributed by atoms with E-state index in [1.807, 2.05) is 6.07 Å². The van der Waals surface area contributed by atoms with Gasteiger partial charge in [0.15, 0.2) is 0 Å². The minimum atomic E-state index is -4.42. The van der Waals surface area contributed by atoms with Crippen LogP contribution in [0.3, 0.4) is 0 Å². The van der Waals surface area contributed by atoms with E-state index in [9.17, 15) is 18.0 Å². The number of piperidine rings is 1. The second-order valence-electron chi connectivity index (χ2n) is 6.60. The third kappa shape index (κ3) is 4.33. The fourth-order valence-electron chi connectivity index (χ4n) is 2.90. The Labute approximate surface area is 150 Å². The van der Waals surface area contributed by atoms with Crippen LogP contribution in [0, 0.1) is 5.92 Å². The fraction of sp³-hybridized carbons (Fsp3) is 0.368. The molecule has 1 aliphatic heterocycles. The van der Waals surface area contributed by atoms with Crippen molar-refractivity contribution in [3.8, 4) is 0 Å². The van der Waals surface area contributed by atoms with Crippen molar-refractivity contribution in [1.29, 1.82) is 0 Å². The van der Waals surface area contributed by atoms with Crippen molar-refractivity contribution in [3.05, 3.63) is 53.7 Å². The average Bonchev–Trinajstić information content (AvgIpc) is 2.62. The highest BCUT2D eigenvalue weighted by Gasteiger charge is 2.30. The largest absolute Gasteiger partial charge is 0.416 e. The topological polar surface area (TPSA) is 45.2 Å². The van der Waals surface area contributed by atoms with Gasteiger partial charge in [-0.1, -0.05) is 6.92 Å². The Balaban J connectivity index is 1.62. The summed E-state index contributed by atoms with van der Waals surface area (Å²) < 4.78 is 37.7. The predicted octanol–water partition coefficient (Wildman–Crippen LogP) is 4.59. The minimum Gasteiger partial charge on any atom is -0.357 e. The molecule has 1 aromatic heterocycles. The third-order valence-corrected chi connectivity index (χ3v) is 4.59. The van der Waals surface area contributed by atoms with Crippen LogP contribution in [0.2, 0.25) is 0 Å². The molecule has 3 rings (SSSR count). The van der Waals surface area contributed by atoms with Crippen molar-refractivity contribution in [3.63, 3.8) is 0 Å². The Morgan fingerprint density at radius 1 is 1.12 bits per heavy atom. The van der Waals surface area contributed by atoms with E-state index in [0.29, 0.717) is 5.69 Å². The zero-order valence-corrected chi connectivity index (χ0v) is 14.4. The highest BCUT2D eigenvalue weighted by molar-refractivity contribution is 6.04. The van der Waals surface area contributed by atoms with E-state index in [1.54, 1.807) is 12.3 Å². The lowest BCUT2D eigenvalue weighted by atomic mass is 9.99. The number of aromatic nitrogens is 1. The Bertz CT molecular complexity index is 749. The van der Waals surface area contributed by atoms with Crippen LogP contribution in [-0.2, 0) is 6.18 Å². The highest BCUT2D eigenvalue weighted by Crippen LogP contribution is 2.29. The third-order valence-electron chi connectivity index (χ3n) is 4.59. The summed E-state index contributed by atoms with van der Waals surface area (Å²) in [4.78, 5) is 18.8. The number of pyridine rings is 1. The van der Waals surface area contributed by atoms with Gasteiger partial charge in [0.2, 0.25) is 0 Å². The van der Waals surface area contributed by atoms with Crippen LogP contribution in [-0.4, -0.2) is 24.0 Å². The van der Waals surface area contributed by atoms with E-state index in [1.165, 1.54) is 0 Å². The van der Waals surface area contributed by atoms with E-state index in [-0.39, 0.29) is 5.56 Å². The Morgan fingerprint density at radius 2 is 1.77 bits per heavy atom. The zero-order valence-electron chi connectivity index (χ0n) is 14.4. The van der Waals surface area contributed by atoms with Crippen molar-refractivity contribution in [1.82, 2.24) is 4.98 Å². The summed E-state index contributed by atoms with van der Waals surface area (Å²) in [5.74, 6) is 1.12. The summed E-state index contributed by atoms with van der Waals surface area (Å²) in [5.41, 5.74) is -0.118. The smallest absolute Gasteiger partial charge is 0.357 e. The lowest BCUT2D eigenvalue weighted by Crippen LogP contribution is -2.33. The monoisotopic (exact) mass is 363 g/mol. The number of anilines is 2. The summed E-state index contributed by atoms with van der Waals surface area (Å²) in [6.45, 7) is 4.17. The Morgan fingerprint density at radius 3 is 2.31 bits per heavy atom. The number of benzene rings is 1. The predicted molar refractivity (Wildman–Crippen MR) is 94.2 cm³/mol. The molecule has 138 valence electrons. The first-order valence-corrected chi connectivity index (χ1v) is 8.52. The van der Waals surface area contributed by atoms with Gasteiger partial charge in [0.25, 0.3) is 5.91 Å². The molecule has 1 saturated heterocycles. The molecular formula is C19H20F3N3O. The van der Waals surface area contributed by atoms with Crippen LogP contribution in [0.4, 0.5) is 24.7 Å². The number of nitrogens with zero attached hydrogens (tertiary/aromatic N) is 2. The van der Waals surface area contributed by atoms with Gasteiger partial charge in [-0.3, -0.25) is 4.79 Å². The summed E-state index contributed by atoms with van der Waals surface area (Å²) in [6.07, 6.45) is -0.585. The van der Waals surface area contributed by atoms with Crippen LogP contribution < -0.4 is 10.2 Å². The highest BCUT2D eigenvalue weighted by atomic mass is 19.4. The molecule has 7 heteroatoms. The van der Waals surface area contributed by atoms with Crippen molar-refractivity contribution in [2.45, 2.75) is 25.9 Å². The number of amides is 1. The molecule has 1 fully saturated rings. The van der Waals surface area contributed by atoms with Crippen LogP contribution in [0.1, 0.15) is 35.7 Å². The average molecular weight is 363 g/mol. The van der Waals surface area contributed by atoms with Gasteiger partial charge >= 0.3 is 6.18 Å². The molecule has 0 atom stereocenters. The summed E-state index contributed by atoms with van der Waals surface area (Å²) in [5, 5.41) is 2.65. The first-order valence-electron chi connectivity index (χ1n) is 8.52. The van der Waals surface area contributed by atoms with Crippen LogP contribution in [0.15, 0.2) is 42.6 Å². The van der Waals surface area contributed by atoms with E-state index < -0.39 is 17.6 Å². The maximum atomic E-state index is 12.6. The zero-order chi connectivity index (χ0) is 18.7. The number of carbonyl (C=O) groups is 1. The number of alkyl halides is 3. The van der Waals surface area contributed by atoms with E-state index in [0.717, 1.165) is 61.9 Å². The van der Waals surface area contributed by atoms with Crippen molar-refractivity contribution in [2.75, 3.05) is 23.3 Å². The van der Waals surface area contributed by atoms with Crippen molar-refractivity contribution in [2.24, 2.45) is 5.92 Å². The molecule has 0 radical (unpaired) electrons. The maximum absolute atomic E-state index is 12.6. The number of halogens is 3. The molecular weight excluding hydrogens is 343 g/mol. The molecule has 0 spiro atoms. The SMILES string of the molecule is CC1CCN(c2ccc(NC(=O)c3ccc(C(F)(F)F)cc3)cn2)CC1. The molecule has 1 aromatic carbocycles. The van der Waals surface area contributed by atoms with Crippen molar-refractivity contribution < 1.29 is 18.0 Å². The van der Waals surface area contributed by atoms with Crippen LogP contribution in [0.25, 0.3) is 0 Å². The second-order valence-corrected chi connectivity index (χ2v) is 6.60. The van der Waals surface area contributed by atoms with E-state index >= 15 is 0 Å². The van der Waals surface area contributed by atoms with Crippen molar-refractivity contribution >= 4 is 17.4 Å². The minimum absolute atomic E-state index is 0.159. The fourth-order valence-corrected chi connectivity index (χ4v) is 2.90. The molecule has 1 aliphatic rings. The second kappa shape index (κ2) is 7.35. The number of hydrogen-bond acceptors (Lipinski definition) is 3. The number of rotatable bonds is 3. The summed E-state index contributed by atoms with van der Waals surface area (Å²) >= 11 is 0. The molecule has 1 amide bonds.